The molecule has 1 heterocycles. The van der Waals surface area contributed by atoms with Crippen LogP contribution in [0.5, 0.6) is 0 Å². The van der Waals surface area contributed by atoms with Gasteiger partial charge in [-0.2, -0.15) is 0 Å². The molecule has 0 fully saturated rings. The molecule has 0 saturated heterocycles. The van der Waals surface area contributed by atoms with Crippen LogP contribution < -0.4 is 5.73 Å². The molecule has 2 nitrogen and oxygen atoms in total. The molecule has 0 saturated carbocycles. The van der Waals surface area contributed by atoms with Gasteiger partial charge in [-0.25, -0.2) is 0 Å². The van der Waals surface area contributed by atoms with Crippen LogP contribution in [0.15, 0.2) is 24.3 Å². The number of rotatable bonds is 1. The van der Waals surface area contributed by atoms with Gasteiger partial charge in [-0.3, -0.25) is 0 Å². The van der Waals surface area contributed by atoms with E-state index < -0.39 is 0 Å². The Bertz CT molecular complexity index is 427. The van der Waals surface area contributed by atoms with Gasteiger partial charge < -0.3 is 10.7 Å². The first-order valence-electron chi connectivity index (χ1n) is 4.52. The summed E-state index contributed by atoms with van der Waals surface area (Å²) < 4.78 is 0. The van der Waals surface area contributed by atoms with Gasteiger partial charge in [0.05, 0.1) is 5.52 Å². The average Bonchev–Trinajstić information content (AvgIpc) is 2.43. The van der Waals surface area contributed by atoms with Crippen molar-refractivity contribution in [2.24, 2.45) is 5.73 Å². The molecule has 0 aliphatic heterocycles. The van der Waals surface area contributed by atoms with E-state index in [9.17, 15) is 0 Å². The zero-order chi connectivity index (χ0) is 9.42. The second-order valence-electron chi connectivity index (χ2n) is 3.55. The van der Waals surface area contributed by atoms with Crippen molar-refractivity contribution >= 4 is 10.9 Å². The molecular weight excluding hydrogens is 160 g/mol. The van der Waals surface area contributed by atoms with Crippen molar-refractivity contribution in [1.82, 2.24) is 4.98 Å². The maximum Gasteiger partial charge on any atom is 0.0504 e. The van der Waals surface area contributed by atoms with Crippen molar-refractivity contribution in [2.75, 3.05) is 0 Å². The number of fused-ring (bicyclic) bond motifs is 1. The molecule has 0 radical (unpaired) electrons. The smallest absolute Gasteiger partial charge is 0.0504 e. The van der Waals surface area contributed by atoms with Crippen molar-refractivity contribution in [2.45, 2.75) is 19.9 Å². The lowest BCUT2D eigenvalue weighted by Crippen LogP contribution is -2.05. The summed E-state index contributed by atoms with van der Waals surface area (Å²) in [5.41, 5.74) is 9.41. The van der Waals surface area contributed by atoms with Gasteiger partial charge >= 0.3 is 0 Å². The van der Waals surface area contributed by atoms with Crippen molar-refractivity contribution in [3.63, 3.8) is 0 Å². The fourth-order valence-electron chi connectivity index (χ4n) is 1.70. The van der Waals surface area contributed by atoms with Crippen LogP contribution in [0.3, 0.4) is 0 Å². The molecule has 2 rings (SSSR count). The molecule has 68 valence electrons. The van der Waals surface area contributed by atoms with Crippen molar-refractivity contribution in [1.29, 1.82) is 0 Å². The summed E-state index contributed by atoms with van der Waals surface area (Å²) in [6.07, 6.45) is 0. The van der Waals surface area contributed by atoms with Crippen LogP contribution in [0.1, 0.15) is 24.2 Å². The number of benzene rings is 1. The molecule has 0 amide bonds. The van der Waals surface area contributed by atoms with Gasteiger partial charge in [0.25, 0.3) is 0 Å². The number of aromatic amines is 1. The highest BCUT2D eigenvalue weighted by atomic mass is 14.7. The summed E-state index contributed by atoms with van der Waals surface area (Å²) >= 11 is 0. The molecule has 1 unspecified atom stereocenters. The Morgan fingerprint density at radius 1 is 1.38 bits per heavy atom. The topological polar surface area (TPSA) is 41.8 Å². The molecule has 0 spiro atoms. The minimum atomic E-state index is 0.0850. The summed E-state index contributed by atoms with van der Waals surface area (Å²) in [5, 5.41) is 1.24. The maximum absolute atomic E-state index is 5.87. The van der Waals surface area contributed by atoms with E-state index in [0.29, 0.717) is 0 Å². The minimum absolute atomic E-state index is 0.0850. The van der Waals surface area contributed by atoms with Crippen LogP contribution in [-0.4, -0.2) is 4.98 Å². The Kier molecular flexibility index (Phi) is 1.85. The van der Waals surface area contributed by atoms with E-state index in [1.54, 1.807) is 0 Å². The predicted molar refractivity (Wildman–Crippen MR) is 55.6 cm³/mol. The van der Waals surface area contributed by atoms with Gasteiger partial charge in [0, 0.05) is 11.7 Å². The van der Waals surface area contributed by atoms with E-state index >= 15 is 0 Å². The summed E-state index contributed by atoms with van der Waals surface area (Å²) in [5.74, 6) is 0. The predicted octanol–water partition coefficient (Wildman–Crippen LogP) is 2.50. The van der Waals surface area contributed by atoms with Crippen molar-refractivity contribution in [3.8, 4) is 0 Å². The molecular formula is C11H14N2. The number of aryl methyl sites for hydroxylation is 1. The van der Waals surface area contributed by atoms with Gasteiger partial charge in [-0.05, 0) is 30.9 Å². The van der Waals surface area contributed by atoms with Crippen LogP contribution in [-0.2, 0) is 0 Å². The van der Waals surface area contributed by atoms with Gasteiger partial charge in [0.1, 0.15) is 0 Å². The second kappa shape index (κ2) is 2.89. The van der Waals surface area contributed by atoms with Crippen LogP contribution in [0.25, 0.3) is 10.9 Å². The first-order chi connectivity index (χ1) is 6.18. The molecule has 0 bridgehead atoms. The number of nitrogens with one attached hydrogen (secondary N) is 1. The maximum atomic E-state index is 5.87. The zero-order valence-electron chi connectivity index (χ0n) is 7.96. The van der Waals surface area contributed by atoms with Crippen LogP contribution in [0.2, 0.25) is 0 Å². The highest BCUT2D eigenvalue weighted by Crippen LogP contribution is 2.22. The summed E-state index contributed by atoms with van der Waals surface area (Å²) in [7, 11) is 0. The lowest BCUT2D eigenvalue weighted by Gasteiger charge is -2.06. The Labute approximate surface area is 77.8 Å². The molecule has 3 N–H and O–H groups in total. The Morgan fingerprint density at radius 2 is 2.15 bits per heavy atom. The number of hydrogen-bond acceptors (Lipinski definition) is 1. The lowest BCUT2D eigenvalue weighted by atomic mass is 10.1. The van der Waals surface area contributed by atoms with Crippen molar-refractivity contribution in [3.05, 3.63) is 35.5 Å². The first kappa shape index (κ1) is 8.32. The van der Waals surface area contributed by atoms with Crippen LogP contribution in [0, 0.1) is 6.92 Å². The van der Waals surface area contributed by atoms with Crippen LogP contribution >= 0.6 is 0 Å². The average molecular weight is 174 g/mol. The standard InChI is InChI=1S/C11H14N2/c1-7-6-9-4-3-5-10(8(2)12)11(9)13-7/h3-6,8,13H,12H2,1-2H3. The number of para-hydroxylation sites is 1. The summed E-state index contributed by atoms with van der Waals surface area (Å²) in [6, 6.07) is 8.45. The van der Waals surface area contributed by atoms with Crippen molar-refractivity contribution < 1.29 is 0 Å². The third-order valence-electron chi connectivity index (χ3n) is 2.31. The van der Waals surface area contributed by atoms with Gasteiger partial charge in [-0.1, -0.05) is 18.2 Å². The Hall–Kier alpha value is -1.28. The lowest BCUT2D eigenvalue weighted by molar-refractivity contribution is 0.824. The molecule has 0 aliphatic rings. The zero-order valence-corrected chi connectivity index (χ0v) is 7.96. The fraction of sp³-hybridized carbons (Fsp3) is 0.273. The number of aromatic nitrogens is 1. The monoisotopic (exact) mass is 174 g/mol. The highest BCUT2D eigenvalue weighted by Gasteiger charge is 2.06. The molecule has 1 aromatic heterocycles. The molecule has 2 aromatic rings. The van der Waals surface area contributed by atoms with E-state index in [4.69, 9.17) is 5.73 Å². The molecule has 13 heavy (non-hydrogen) atoms. The number of hydrogen-bond donors (Lipinski definition) is 2. The fourth-order valence-corrected chi connectivity index (χ4v) is 1.70. The summed E-state index contributed by atoms with van der Waals surface area (Å²) in [4.78, 5) is 3.33. The van der Waals surface area contributed by atoms with Gasteiger partial charge in [0.15, 0.2) is 0 Å². The summed E-state index contributed by atoms with van der Waals surface area (Å²) in [6.45, 7) is 4.07. The number of nitrogens with two attached hydrogens (primary N) is 1. The highest BCUT2D eigenvalue weighted by molar-refractivity contribution is 5.83. The number of H-pyrrole nitrogens is 1. The molecule has 1 atom stereocenters. The van der Waals surface area contributed by atoms with E-state index in [0.717, 1.165) is 0 Å². The van der Waals surface area contributed by atoms with E-state index in [1.165, 1.54) is 22.2 Å². The SMILES string of the molecule is Cc1cc2cccc(C(C)N)c2[nH]1. The van der Waals surface area contributed by atoms with Gasteiger partial charge in [-0.15, -0.1) is 0 Å². The third kappa shape index (κ3) is 1.33. The quantitative estimate of drug-likeness (QED) is 0.685. The Morgan fingerprint density at radius 3 is 2.85 bits per heavy atom. The normalized spacial score (nSPS) is 13.5. The van der Waals surface area contributed by atoms with Gasteiger partial charge in [0.2, 0.25) is 0 Å². The van der Waals surface area contributed by atoms with Crippen LogP contribution in [0.4, 0.5) is 0 Å². The molecule has 1 aromatic carbocycles. The molecule has 2 heteroatoms. The largest absolute Gasteiger partial charge is 0.358 e. The van der Waals surface area contributed by atoms with E-state index in [-0.39, 0.29) is 6.04 Å². The molecule has 0 aliphatic carbocycles. The Balaban J connectivity index is 2.75. The first-order valence-corrected chi connectivity index (χ1v) is 4.52. The second-order valence-corrected chi connectivity index (χ2v) is 3.55. The van der Waals surface area contributed by atoms with E-state index in [1.807, 2.05) is 13.0 Å². The third-order valence-corrected chi connectivity index (χ3v) is 2.31. The minimum Gasteiger partial charge on any atom is -0.358 e. The van der Waals surface area contributed by atoms with E-state index in [2.05, 4.69) is 30.1 Å².